The van der Waals surface area contributed by atoms with Crippen molar-refractivity contribution in [3.05, 3.63) is 59.6 Å². The van der Waals surface area contributed by atoms with E-state index in [1.165, 1.54) is 18.0 Å². The Balaban J connectivity index is 2.08. The predicted molar refractivity (Wildman–Crippen MR) is 89.6 cm³/mol. The van der Waals surface area contributed by atoms with Gasteiger partial charge in [-0.05, 0) is 24.3 Å². The van der Waals surface area contributed by atoms with E-state index in [2.05, 4.69) is 16.0 Å². The largest absolute Gasteiger partial charge is 0.464 e. The summed E-state index contributed by atoms with van der Waals surface area (Å²) in [6, 6.07) is 13.1. The average Bonchev–Trinajstić information content (AvgIpc) is 3.14. The van der Waals surface area contributed by atoms with E-state index in [4.69, 9.17) is 10.2 Å². The summed E-state index contributed by atoms with van der Waals surface area (Å²) in [6.07, 6.45) is 3.19. The molecular weight excluding hydrogens is 322 g/mol. The van der Waals surface area contributed by atoms with Crippen molar-refractivity contribution in [1.29, 1.82) is 10.5 Å². The third kappa shape index (κ3) is 2.94. The Kier molecular flexibility index (Phi) is 4.46. The zero-order valence-electron chi connectivity index (χ0n) is 12.4. The number of nitrogens with two attached hydrogens (primary N) is 1. The van der Waals surface area contributed by atoms with Gasteiger partial charge in [-0.2, -0.15) is 10.5 Å². The maximum Gasteiger partial charge on any atom is 0.143 e. The molecule has 0 unspecified atom stereocenters. The van der Waals surface area contributed by atoms with Gasteiger partial charge in [0.25, 0.3) is 0 Å². The van der Waals surface area contributed by atoms with E-state index < -0.39 is 0 Å². The minimum absolute atomic E-state index is 0.0754. The number of nitrogens with zero attached hydrogens (tertiary/aromatic N) is 4. The maximum absolute atomic E-state index is 9.60. The SMILES string of the molecule is N#Cc1c(N)nc(SCc2ccccn2)c(C#N)c1-c1ccco1. The van der Waals surface area contributed by atoms with E-state index in [1.807, 2.05) is 24.3 Å². The molecule has 0 atom stereocenters. The van der Waals surface area contributed by atoms with Crippen LogP contribution in [0.4, 0.5) is 5.82 Å². The molecule has 7 heteroatoms. The van der Waals surface area contributed by atoms with Gasteiger partial charge >= 0.3 is 0 Å². The predicted octanol–water partition coefficient (Wildman–Crippen LogP) is 3.35. The highest BCUT2D eigenvalue weighted by Crippen LogP contribution is 2.36. The molecule has 0 spiro atoms. The molecule has 116 valence electrons. The summed E-state index contributed by atoms with van der Waals surface area (Å²) in [5.74, 6) is 1.02. The Morgan fingerprint density at radius 2 is 1.96 bits per heavy atom. The minimum Gasteiger partial charge on any atom is -0.464 e. The number of furan rings is 1. The molecule has 24 heavy (non-hydrogen) atoms. The quantitative estimate of drug-likeness (QED) is 0.728. The van der Waals surface area contributed by atoms with Crippen molar-refractivity contribution in [3.8, 4) is 23.5 Å². The molecule has 0 radical (unpaired) electrons. The van der Waals surface area contributed by atoms with Crippen LogP contribution in [0.15, 0.2) is 52.2 Å². The van der Waals surface area contributed by atoms with E-state index >= 15 is 0 Å². The summed E-state index contributed by atoms with van der Waals surface area (Å²) in [5.41, 5.74) is 7.57. The van der Waals surface area contributed by atoms with Crippen LogP contribution in [0, 0.1) is 22.7 Å². The van der Waals surface area contributed by atoms with Gasteiger partial charge in [-0.15, -0.1) is 0 Å². The first kappa shape index (κ1) is 15.6. The first-order chi connectivity index (χ1) is 11.7. The third-order valence-electron chi connectivity index (χ3n) is 3.27. The summed E-state index contributed by atoms with van der Waals surface area (Å²) in [6.45, 7) is 0. The van der Waals surface area contributed by atoms with Crippen molar-refractivity contribution in [2.75, 3.05) is 5.73 Å². The lowest BCUT2D eigenvalue weighted by atomic mass is 10.0. The Labute approximate surface area is 142 Å². The summed E-state index contributed by atoms with van der Waals surface area (Å²) >= 11 is 1.34. The van der Waals surface area contributed by atoms with Crippen molar-refractivity contribution >= 4 is 17.6 Å². The minimum atomic E-state index is 0.0754. The number of nitrogen functional groups attached to an aromatic ring is 1. The fraction of sp³-hybridized carbons (Fsp3) is 0.0588. The number of anilines is 1. The number of rotatable bonds is 4. The van der Waals surface area contributed by atoms with Crippen molar-refractivity contribution in [2.45, 2.75) is 10.8 Å². The molecule has 0 bridgehead atoms. The number of nitriles is 2. The molecule has 6 nitrogen and oxygen atoms in total. The first-order valence-corrected chi connectivity index (χ1v) is 7.93. The maximum atomic E-state index is 9.60. The number of thioether (sulfide) groups is 1. The highest BCUT2D eigenvalue weighted by atomic mass is 32.2. The molecule has 0 saturated heterocycles. The molecule has 0 aliphatic rings. The van der Waals surface area contributed by atoms with Gasteiger partial charge in [0.15, 0.2) is 0 Å². The smallest absolute Gasteiger partial charge is 0.143 e. The highest BCUT2D eigenvalue weighted by molar-refractivity contribution is 7.98. The van der Waals surface area contributed by atoms with Crippen LogP contribution in [-0.2, 0) is 5.75 Å². The Morgan fingerprint density at radius 1 is 1.12 bits per heavy atom. The average molecular weight is 333 g/mol. The molecule has 2 N–H and O–H groups in total. The fourth-order valence-electron chi connectivity index (χ4n) is 2.20. The van der Waals surface area contributed by atoms with Crippen LogP contribution in [0.3, 0.4) is 0 Å². The summed E-state index contributed by atoms with van der Waals surface area (Å²) in [4.78, 5) is 8.47. The molecule has 0 aliphatic heterocycles. The van der Waals surface area contributed by atoms with Crippen molar-refractivity contribution in [3.63, 3.8) is 0 Å². The van der Waals surface area contributed by atoms with Gasteiger partial charge in [-0.3, -0.25) is 4.98 Å². The van der Waals surface area contributed by atoms with E-state index in [1.54, 1.807) is 18.3 Å². The van der Waals surface area contributed by atoms with Gasteiger partial charge in [-0.25, -0.2) is 4.98 Å². The molecule has 3 aromatic rings. The molecule has 3 rings (SSSR count). The Hall–Kier alpha value is -3.29. The summed E-state index contributed by atoms with van der Waals surface area (Å²) in [5, 5.41) is 19.4. The van der Waals surface area contributed by atoms with Gasteiger partial charge in [0.1, 0.15) is 34.3 Å². The monoisotopic (exact) mass is 333 g/mol. The molecule has 0 amide bonds. The van der Waals surface area contributed by atoms with E-state index in [0.717, 1.165) is 5.69 Å². The number of aromatic nitrogens is 2. The topological polar surface area (TPSA) is 113 Å². The molecule has 3 heterocycles. The number of pyridine rings is 2. The Morgan fingerprint density at radius 3 is 2.58 bits per heavy atom. The van der Waals surface area contributed by atoms with Crippen molar-refractivity contribution < 1.29 is 4.42 Å². The van der Waals surface area contributed by atoms with Gasteiger partial charge in [0.05, 0.1) is 23.1 Å². The van der Waals surface area contributed by atoms with Crippen LogP contribution in [0.5, 0.6) is 0 Å². The molecule has 0 aromatic carbocycles. The fourth-order valence-corrected chi connectivity index (χ4v) is 3.11. The lowest BCUT2D eigenvalue weighted by molar-refractivity contribution is 0.581. The van der Waals surface area contributed by atoms with Gasteiger partial charge in [-0.1, -0.05) is 17.8 Å². The number of hydrogen-bond acceptors (Lipinski definition) is 7. The van der Waals surface area contributed by atoms with Crippen LogP contribution >= 0.6 is 11.8 Å². The van der Waals surface area contributed by atoms with Crippen molar-refractivity contribution in [1.82, 2.24) is 9.97 Å². The van der Waals surface area contributed by atoms with Crippen LogP contribution in [-0.4, -0.2) is 9.97 Å². The van der Waals surface area contributed by atoms with E-state index in [9.17, 15) is 10.5 Å². The van der Waals surface area contributed by atoms with Crippen LogP contribution in [0.25, 0.3) is 11.3 Å². The Bertz CT molecular complexity index is 940. The molecule has 0 aliphatic carbocycles. The molecule has 0 fully saturated rings. The molecule has 0 saturated carbocycles. The van der Waals surface area contributed by atoms with Crippen LogP contribution in [0.2, 0.25) is 0 Å². The second-order valence-corrected chi connectivity index (χ2v) is 5.70. The normalized spacial score (nSPS) is 10.1. The molecular formula is C17H11N5OS. The van der Waals surface area contributed by atoms with Gasteiger partial charge in [0, 0.05) is 11.9 Å². The summed E-state index contributed by atoms with van der Waals surface area (Å²) < 4.78 is 5.37. The third-order valence-corrected chi connectivity index (χ3v) is 4.28. The standard InChI is InChI=1S/C17H11N5OS/c18-8-12-15(14-5-3-7-23-14)13(9-19)17(22-16(12)20)24-10-11-4-1-2-6-21-11/h1-7H,10H2,(H2,20,22). The van der Waals surface area contributed by atoms with Gasteiger partial charge in [0.2, 0.25) is 0 Å². The lowest BCUT2D eigenvalue weighted by Gasteiger charge is -2.10. The second-order valence-electron chi connectivity index (χ2n) is 4.74. The lowest BCUT2D eigenvalue weighted by Crippen LogP contribution is -2.03. The first-order valence-electron chi connectivity index (χ1n) is 6.95. The number of hydrogen-bond donors (Lipinski definition) is 1. The zero-order chi connectivity index (χ0) is 16.9. The van der Waals surface area contributed by atoms with E-state index in [0.29, 0.717) is 22.1 Å². The highest BCUT2D eigenvalue weighted by Gasteiger charge is 2.22. The van der Waals surface area contributed by atoms with Crippen LogP contribution in [0.1, 0.15) is 16.8 Å². The van der Waals surface area contributed by atoms with Gasteiger partial charge < -0.3 is 10.2 Å². The van der Waals surface area contributed by atoms with Crippen molar-refractivity contribution in [2.24, 2.45) is 0 Å². The zero-order valence-corrected chi connectivity index (χ0v) is 13.2. The molecule has 3 aromatic heterocycles. The van der Waals surface area contributed by atoms with E-state index in [-0.39, 0.29) is 16.9 Å². The van der Waals surface area contributed by atoms with Crippen LogP contribution < -0.4 is 5.73 Å². The summed E-state index contributed by atoms with van der Waals surface area (Å²) in [7, 11) is 0. The second kappa shape index (κ2) is 6.86.